The van der Waals surface area contributed by atoms with Gasteiger partial charge in [0.15, 0.2) is 0 Å². The molecule has 2 rings (SSSR count). The minimum atomic E-state index is -0.0255. The maximum atomic E-state index is 5.90. The first kappa shape index (κ1) is 14.5. The molecule has 0 aliphatic heterocycles. The number of hydrogen-bond donors (Lipinski definition) is 0. The number of rotatable bonds is 5. The van der Waals surface area contributed by atoms with Gasteiger partial charge in [0, 0.05) is 13.2 Å². The van der Waals surface area contributed by atoms with Crippen molar-refractivity contribution in [3.63, 3.8) is 0 Å². The first-order chi connectivity index (χ1) is 9.54. The van der Waals surface area contributed by atoms with Crippen molar-refractivity contribution in [1.82, 2.24) is 19.9 Å². The number of anilines is 1. The Bertz CT molecular complexity index is 564. The summed E-state index contributed by atoms with van der Waals surface area (Å²) in [6.45, 7) is 4.37. The lowest BCUT2D eigenvalue weighted by Crippen LogP contribution is -2.21. The Hall–Kier alpha value is -1.95. The van der Waals surface area contributed by atoms with E-state index >= 15 is 0 Å². The summed E-state index contributed by atoms with van der Waals surface area (Å²) in [4.78, 5) is 18.4. The van der Waals surface area contributed by atoms with E-state index in [1.54, 1.807) is 6.20 Å². The highest BCUT2D eigenvalue weighted by atomic mass is 35.5. The molecule has 0 saturated carbocycles. The summed E-state index contributed by atoms with van der Waals surface area (Å²) in [5.74, 6) is 0.450. The highest BCUT2D eigenvalue weighted by Crippen LogP contribution is 2.16. The number of nitrogens with zero attached hydrogens (tertiary/aromatic N) is 5. The van der Waals surface area contributed by atoms with Gasteiger partial charge < -0.3 is 9.64 Å². The van der Waals surface area contributed by atoms with Crippen LogP contribution in [-0.2, 0) is 6.54 Å². The van der Waals surface area contributed by atoms with Gasteiger partial charge in [-0.25, -0.2) is 0 Å². The highest BCUT2D eigenvalue weighted by molar-refractivity contribution is 6.28. The summed E-state index contributed by atoms with van der Waals surface area (Å²) in [6, 6.07) is 5.97. The molecule has 0 amide bonds. The fraction of sp³-hybridized carbons (Fsp3) is 0.385. The molecule has 0 fully saturated rings. The smallest absolute Gasteiger partial charge is 0.322 e. The fourth-order valence-corrected chi connectivity index (χ4v) is 1.71. The molecule has 0 aliphatic carbocycles. The Kier molecular flexibility index (Phi) is 4.68. The third-order valence-corrected chi connectivity index (χ3v) is 2.55. The number of hydrogen-bond acceptors (Lipinski definition) is 6. The van der Waals surface area contributed by atoms with Crippen LogP contribution < -0.4 is 9.64 Å². The summed E-state index contributed by atoms with van der Waals surface area (Å²) in [6.07, 6.45) is 1.72. The zero-order chi connectivity index (χ0) is 14.5. The topological polar surface area (TPSA) is 64.0 Å². The van der Waals surface area contributed by atoms with Gasteiger partial charge in [-0.3, -0.25) is 4.98 Å². The Labute approximate surface area is 122 Å². The van der Waals surface area contributed by atoms with Gasteiger partial charge in [-0.2, -0.15) is 15.0 Å². The van der Waals surface area contributed by atoms with Crippen LogP contribution in [0.5, 0.6) is 6.01 Å². The highest BCUT2D eigenvalue weighted by Gasteiger charge is 2.12. The maximum Gasteiger partial charge on any atom is 0.322 e. The van der Waals surface area contributed by atoms with E-state index in [2.05, 4.69) is 19.9 Å². The maximum absolute atomic E-state index is 5.90. The van der Waals surface area contributed by atoms with Gasteiger partial charge >= 0.3 is 6.01 Å². The quantitative estimate of drug-likeness (QED) is 0.843. The van der Waals surface area contributed by atoms with Crippen molar-refractivity contribution >= 4 is 17.5 Å². The van der Waals surface area contributed by atoms with Crippen molar-refractivity contribution in [3.05, 3.63) is 35.4 Å². The Morgan fingerprint density at radius 1 is 1.25 bits per heavy atom. The summed E-state index contributed by atoms with van der Waals surface area (Å²) >= 11 is 5.90. The van der Waals surface area contributed by atoms with Gasteiger partial charge in [0.25, 0.3) is 0 Å². The average Bonchev–Trinajstić information content (AvgIpc) is 2.38. The molecule has 0 spiro atoms. The standard InChI is InChI=1S/C13H16ClN5O/c1-9(2)20-13-17-11(14)16-12(18-13)19(3)8-10-6-4-5-7-15-10/h4-7,9H,8H2,1-3H3. The molecule has 7 heteroatoms. The van der Waals surface area contributed by atoms with Crippen LogP contribution >= 0.6 is 11.6 Å². The third-order valence-electron chi connectivity index (χ3n) is 2.38. The van der Waals surface area contributed by atoms with Crippen molar-refractivity contribution in [2.24, 2.45) is 0 Å². The lowest BCUT2D eigenvalue weighted by molar-refractivity contribution is 0.221. The van der Waals surface area contributed by atoms with Gasteiger partial charge in [0.2, 0.25) is 11.2 Å². The second kappa shape index (κ2) is 6.47. The fourth-order valence-electron chi connectivity index (χ4n) is 1.56. The van der Waals surface area contributed by atoms with Crippen LogP contribution in [0.25, 0.3) is 0 Å². The second-order valence-corrected chi connectivity index (χ2v) is 4.87. The van der Waals surface area contributed by atoms with E-state index < -0.39 is 0 Å². The molecular formula is C13H16ClN5O. The lowest BCUT2D eigenvalue weighted by atomic mass is 10.3. The van der Waals surface area contributed by atoms with Crippen LogP contribution in [0.3, 0.4) is 0 Å². The first-order valence-corrected chi connectivity index (χ1v) is 6.61. The molecule has 2 aromatic heterocycles. The Morgan fingerprint density at radius 3 is 2.70 bits per heavy atom. The van der Waals surface area contributed by atoms with Gasteiger partial charge in [-0.15, -0.1) is 0 Å². The molecule has 0 N–H and O–H groups in total. The van der Waals surface area contributed by atoms with E-state index in [1.807, 2.05) is 44.0 Å². The summed E-state index contributed by atoms with van der Waals surface area (Å²) in [5, 5.41) is 0.110. The monoisotopic (exact) mass is 293 g/mol. The van der Waals surface area contributed by atoms with Crippen molar-refractivity contribution in [3.8, 4) is 6.01 Å². The van der Waals surface area contributed by atoms with Crippen LogP contribution in [-0.4, -0.2) is 33.1 Å². The minimum Gasteiger partial charge on any atom is -0.461 e. The van der Waals surface area contributed by atoms with Gasteiger partial charge in [0.1, 0.15) is 0 Å². The lowest BCUT2D eigenvalue weighted by Gasteiger charge is -2.17. The van der Waals surface area contributed by atoms with E-state index in [0.717, 1.165) is 5.69 Å². The molecule has 20 heavy (non-hydrogen) atoms. The van der Waals surface area contributed by atoms with Gasteiger partial charge in [-0.05, 0) is 37.6 Å². The Balaban J connectivity index is 2.16. The first-order valence-electron chi connectivity index (χ1n) is 6.24. The molecule has 0 aliphatic rings. The second-order valence-electron chi connectivity index (χ2n) is 4.53. The average molecular weight is 294 g/mol. The predicted molar refractivity (Wildman–Crippen MR) is 76.9 cm³/mol. The van der Waals surface area contributed by atoms with E-state index in [9.17, 15) is 0 Å². The molecule has 0 saturated heterocycles. The van der Waals surface area contributed by atoms with Crippen LogP contribution in [0.4, 0.5) is 5.95 Å². The van der Waals surface area contributed by atoms with Crippen molar-refractivity contribution in [2.45, 2.75) is 26.5 Å². The van der Waals surface area contributed by atoms with Gasteiger partial charge in [0.05, 0.1) is 18.3 Å². The zero-order valence-corrected chi connectivity index (χ0v) is 12.4. The number of halogens is 1. The third kappa shape index (κ3) is 4.03. The summed E-state index contributed by atoms with van der Waals surface area (Å²) < 4.78 is 5.45. The molecule has 6 nitrogen and oxygen atoms in total. The molecule has 0 unspecified atom stereocenters. The normalized spacial score (nSPS) is 10.7. The van der Waals surface area contributed by atoms with E-state index in [-0.39, 0.29) is 17.4 Å². The van der Waals surface area contributed by atoms with Crippen molar-refractivity contribution in [2.75, 3.05) is 11.9 Å². The van der Waals surface area contributed by atoms with E-state index in [0.29, 0.717) is 12.5 Å². The summed E-state index contributed by atoms with van der Waals surface area (Å²) in [5.41, 5.74) is 0.915. The Morgan fingerprint density at radius 2 is 2.05 bits per heavy atom. The van der Waals surface area contributed by atoms with Gasteiger partial charge in [-0.1, -0.05) is 6.07 Å². The molecule has 0 atom stereocenters. The SMILES string of the molecule is CC(C)Oc1nc(Cl)nc(N(C)Cc2ccccn2)n1. The molecule has 2 aromatic rings. The van der Waals surface area contributed by atoms with Crippen LogP contribution in [0.15, 0.2) is 24.4 Å². The largest absolute Gasteiger partial charge is 0.461 e. The zero-order valence-electron chi connectivity index (χ0n) is 11.6. The number of ether oxygens (including phenoxy) is 1. The molecule has 2 heterocycles. The molecule has 106 valence electrons. The molecule has 0 aromatic carbocycles. The number of pyridine rings is 1. The number of aromatic nitrogens is 4. The van der Waals surface area contributed by atoms with Crippen molar-refractivity contribution in [1.29, 1.82) is 0 Å². The van der Waals surface area contributed by atoms with Crippen LogP contribution in [0, 0.1) is 0 Å². The minimum absolute atomic E-state index is 0.0255. The molecule has 0 radical (unpaired) electrons. The summed E-state index contributed by atoms with van der Waals surface area (Å²) in [7, 11) is 1.86. The van der Waals surface area contributed by atoms with Crippen LogP contribution in [0.2, 0.25) is 5.28 Å². The predicted octanol–water partition coefficient (Wildman–Crippen LogP) is 2.34. The van der Waals surface area contributed by atoms with E-state index in [4.69, 9.17) is 16.3 Å². The van der Waals surface area contributed by atoms with E-state index in [1.165, 1.54) is 0 Å². The van der Waals surface area contributed by atoms with Crippen LogP contribution in [0.1, 0.15) is 19.5 Å². The van der Waals surface area contributed by atoms with Crippen molar-refractivity contribution < 1.29 is 4.74 Å². The molecular weight excluding hydrogens is 278 g/mol. The molecule has 0 bridgehead atoms.